The molecule has 210 valence electrons. The van der Waals surface area contributed by atoms with Crippen LogP contribution in [-0.4, -0.2) is 60.3 Å². The molecule has 12 heteroatoms. The Kier molecular flexibility index (Phi) is 9.39. The zero-order chi connectivity index (χ0) is 28.1. The molecule has 1 unspecified atom stereocenters. The number of thiophene rings is 1. The number of nitrogens with one attached hydrogen (secondary N) is 1. The molecule has 1 atom stereocenters. The van der Waals surface area contributed by atoms with E-state index in [0.29, 0.717) is 51.3 Å². The number of nitrogens with zero attached hydrogens (tertiary/aromatic N) is 3. The van der Waals surface area contributed by atoms with Crippen LogP contribution in [0.5, 0.6) is 17.2 Å². The second-order valence-electron chi connectivity index (χ2n) is 9.08. The van der Waals surface area contributed by atoms with Crippen LogP contribution in [0.25, 0.3) is 11.4 Å². The van der Waals surface area contributed by atoms with Crippen LogP contribution in [0, 0.1) is 5.92 Å². The highest BCUT2D eigenvalue weighted by atomic mass is 32.2. The summed E-state index contributed by atoms with van der Waals surface area (Å²) in [5.74, 6) is 2.17. The maximum atomic E-state index is 13.0. The van der Waals surface area contributed by atoms with Crippen molar-refractivity contribution in [2.24, 2.45) is 5.92 Å². The summed E-state index contributed by atoms with van der Waals surface area (Å²) >= 11 is 2.76. The molecule has 0 aliphatic heterocycles. The van der Waals surface area contributed by atoms with Gasteiger partial charge in [0.1, 0.15) is 5.00 Å². The van der Waals surface area contributed by atoms with Crippen molar-refractivity contribution in [3.8, 4) is 28.6 Å². The second-order valence-corrected chi connectivity index (χ2v) is 11.1. The van der Waals surface area contributed by atoms with Gasteiger partial charge in [-0.15, -0.1) is 21.5 Å². The molecular formula is C27H34N4O6S2. The molecule has 1 aliphatic carbocycles. The number of esters is 1. The number of fused-ring (bicyclic) bond motifs is 1. The largest absolute Gasteiger partial charge is 0.493 e. The van der Waals surface area contributed by atoms with Gasteiger partial charge in [0.15, 0.2) is 22.5 Å². The lowest BCUT2D eigenvalue weighted by Crippen LogP contribution is -2.18. The summed E-state index contributed by atoms with van der Waals surface area (Å²) in [6, 6.07) is 3.63. The van der Waals surface area contributed by atoms with E-state index in [9.17, 15) is 9.59 Å². The number of rotatable bonds is 11. The van der Waals surface area contributed by atoms with Crippen molar-refractivity contribution in [3.05, 3.63) is 28.1 Å². The third-order valence-corrected chi connectivity index (χ3v) is 8.67. The van der Waals surface area contributed by atoms with Crippen molar-refractivity contribution < 1.29 is 28.5 Å². The molecule has 1 N–H and O–H groups in total. The van der Waals surface area contributed by atoms with Crippen LogP contribution in [0.4, 0.5) is 5.00 Å². The zero-order valence-corrected chi connectivity index (χ0v) is 24.7. The first-order valence-corrected chi connectivity index (χ1v) is 14.6. The molecule has 0 bridgehead atoms. The number of hydrogen-bond donors (Lipinski definition) is 1. The average molecular weight is 575 g/mol. The smallest absolute Gasteiger partial charge is 0.341 e. The van der Waals surface area contributed by atoms with Gasteiger partial charge in [-0.2, -0.15) is 0 Å². The Morgan fingerprint density at radius 2 is 1.85 bits per heavy atom. The number of carbonyl (C=O) groups excluding carboxylic acids is 2. The van der Waals surface area contributed by atoms with Crippen molar-refractivity contribution >= 4 is 40.0 Å². The predicted octanol–water partition coefficient (Wildman–Crippen LogP) is 5.08. The Morgan fingerprint density at radius 1 is 1.13 bits per heavy atom. The molecular weight excluding hydrogens is 540 g/mol. The molecule has 10 nitrogen and oxygen atoms in total. The van der Waals surface area contributed by atoms with Crippen LogP contribution in [0.15, 0.2) is 17.3 Å². The number of ether oxygens (including phenoxy) is 4. The minimum atomic E-state index is -0.381. The quantitative estimate of drug-likeness (QED) is 0.247. The van der Waals surface area contributed by atoms with Crippen molar-refractivity contribution in [1.82, 2.24) is 14.8 Å². The Bertz CT molecular complexity index is 1330. The van der Waals surface area contributed by atoms with E-state index in [0.717, 1.165) is 35.3 Å². The number of thioether (sulfide) groups is 1. The topological polar surface area (TPSA) is 114 Å². The van der Waals surface area contributed by atoms with Gasteiger partial charge >= 0.3 is 5.97 Å². The molecule has 0 fully saturated rings. The minimum Gasteiger partial charge on any atom is -0.493 e. The Hall–Kier alpha value is -3.25. The van der Waals surface area contributed by atoms with E-state index in [1.807, 2.05) is 23.6 Å². The first-order valence-electron chi connectivity index (χ1n) is 12.8. The lowest BCUT2D eigenvalue weighted by atomic mass is 9.88. The van der Waals surface area contributed by atoms with E-state index >= 15 is 0 Å². The highest BCUT2D eigenvalue weighted by Gasteiger charge is 2.29. The maximum Gasteiger partial charge on any atom is 0.341 e. The SMILES string of the molecule is CCOC(=O)c1c(NC(=O)CSc2nnc(-c3cc(OC)c(OC)c(OC)c3)n2CC)sc2c1CCC(C)C2. The molecule has 4 rings (SSSR count). The van der Waals surface area contributed by atoms with Gasteiger partial charge in [0.05, 0.1) is 39.3 Å². The first-order chi connectivity index (χ1) is 18.8. The third-order valence-electron chi connectivity index (χ3n) is 6.53. The van der Waals surface area contributed by atoms with Gasteiger partial charge in [-0.1, -0.05) is 18.7 Å². The van der Waals surface area contributed by atoms with Gasteiger partial charge in [0.2, 0.25) is 11.7 Å². The van der Waals surface area contributed by atoms with Gasteiger partial charge in [0, 0.05) is 17.0 Å². The van der Waals surface area contributed by atoms with E-state index < -0.39 is 0 Å². The lowest BCUT2D eigenvalue weighted by molar-refractivity contribution is -0.113. The standard InChI is InChI=1S/C27H34N4O6S2/c1-7-31-24(16-12-18(34-4)23(36-6)19(13-16)35-5)29-30-27(31)38-14-21(32)28-25-22(26(33)37-8-2)17-10-9-15(3)11-20(17)39-25/h12-13,15H,7-11,14H2,1-6H3,(H,28,32). The van der Waals surface area contributed by atoms with Crippen LogP contribution >= 0.6 is 23.1 Å². The molecule has 0 saturated heterocycles. The summed E-state index contributed by atoms with van der Waals surface area (Å²) in [5.41, 5.74) is 2.26. The molecule has 0 radical (unpaired) electrons. The fourth-order valence-corrected chi connectivity index (χ4v) is 6.87. The summed E-state index contributed by atoms with van der Waals surface area (Å²) in [6.45, 7) is 6.84. The lowest BCUT2D eigenvalue weighted by Gasteiger charge is -2.18. The summed E-state index contributed by atoms with van der Waals surface area (Å²) in [5, 5.41) is 12.8. The highest BCUT2D eigenvalue weighted by molar-refractivity contribution is 7.99. The zero-order valence-electron chi connectivity index (χ0n) is 23.1. The molecule has 2 aromatic heterocycles. The number of hydrogen-bond acceptors (Lipinski definition) is 10. The fourth-order valence-electron chi connectivity index (χ4n) is 4.66. The molecule has 0 saturated carbocycles. The number of benzene rings is 1. The molecule has 2 heterocycles. The summed E-state index contributed by atoms with van der Waals surface area (Å²) in [4.78, 5) is 27.0. The van der Waals surface area contributed by atoms with Crippen molar-refractivity contribution in [1.29, 1.82) is 0 Å². The molecule has 0 spiro atoms. The monoisotopic (exact) mass is 574 g/mol. The summed E-state index contributed by atoms with van der Waals surface area (Å²) in [6.07, 6.45) is 2.73. The van der Waals surface area contributed by atoms with Gasteiger partial charge in [0.25, 0.3) is 0 Å². The predicted molar refractivity (Wildman–Crippen MR) is 152 cm³/mol. The van der Waals surface area contributed by atoms with Gasteiger partial charge in [-0.3, -0.25) is 4.79 Å². The maximum absolute atomic E-state index is 13.0. The Labute approximate surface area is 236 Å². The number of amides is 1. The Balaban J connectivity index is 1.53. The average Bonchev–Trinajstić information content (AvgIpc) is 3.51. The highest BCUT2D eigenvalue weighted by Crippen LogP contribution is 2.42. The van der Waals surface area contributed by atoms with E-state index in [1.54, 1.807) is 28.3 Å². The molecule has 3 aromatic rings. The van der Waals surface area contributed by atoms with Crippen LogP contribution in [-0.2, 0) is 28.9 Å². The molecule has 1 aromatic carbocycles. The molecule has 1 amide bonds. The summed E-state index contributed by atoms with van der Waals surface area (Å²) < 4.78 is 23.6. The minimum absolute atomic E-state index is 0.106. The van der Waals surface area contributed by atoms with Crippen molar-refractivity contribution in [3.63, 3.8) is 0 Å². The fraction of sp³-hybridized carbons (Fsp3) is 0.481. The van der Waals surface area contributed by atoms with E-state index in [4.69, 9.17) is 18.9 Å². The third kappa shape index (κ3) is 6.01. The van der Waals surface area contributed by atoms with Crippen molar-refractivity contribution in [2.45, 2.75) is 51.7 Å². The van der Waals surface area contributed by atoms with Gasteiger partial charge in [-0.25, -0.2) is 4.79 Å². The summed E-state index contributed by atoms with van der Waals surface area (Å²) in [7, 11) is 4.67. The molecule has 1 aliphatic rings. The number of methoxy groups -OCH3 is 3. The van der Waals surface area contributed by atoms with Gasteiger partial charge in [-0.05, 0) is 56.7 Å². The van der Waals surface area contributed by atoms with Crippen LogP contribution < -0.4 is 19.5 Å². The Morgan fingerprint density at radius 3 is 2.46 bits per heavy atom. The van der Waals surface area contributed by atoms with E-state index in [2.05, 4.69) is 22.4 Å². The molecule has 39 heavy (non-hydrogen) atoms. The number of aromatic nitrogens is 3. The van der Waals surface area contributed by atoms with Crippen molar-refractivity contribution in [2.75, 3.05) is 39.0 Å². The first kappa shape index (κ1) is 28.8. The van der Waals surface area contributed by atoms with Crippen LogP contribution in [0.3, 0.4) is 0 Å². The second kappa shape index (κ2) is 12.7. The van der Waals surface area contributed by atoms with Crippen LogP contribution in [0.2, 0.25) is 0 Å². The normalized spacial score (nSPS) is 14.5. The van der Waals surface area contributed by atoms with E-state index in [-0.39, 0.29) is 24.2 Å². The number of carbonyl (C=O) groups is 2. The number of anilines is 1. The van der Waals surface area contributed by atoms with Gasteiger partial charge < -0.3 is 28.8 Å². The van der Waals surface area contributed by atoms with Crippen LogP contribution in [0.1, 0.15) is 48.0 Å². The van der Waals surface area contributed by atoms with E-state index in [1.165, 1.54) is 23.1 Å².